The number of hydrogen-bond donors (Lipinski definition) is 1. The van der Waals surface area contributed by atoms with E-state index < -0.39 is 5.54 Å². The minimum absolute atomic E-state index is 0.0415. The highest BCUT2D eigenvalue weighted by Gasteiger charge is 2.46. The topological polar surface area (TPSA) is 78.5 Å². The molecule has 5 rings (SSSR count). The lowest BCUT2D eigenvalue weighted by molar-refractivity contribution is -0.137. The molecule has 1 saturated heterocycles. The summed E-state index contributed by atoms with van der Waals surface area (Å²) in [4.78, 5) is 37.7. The van der Waals surface area contributed by atoms with E-state index in [9.17, 15) is 9.59 Å². The number of imidazole rings is 1. The highest BCUT2D eigenvalue weighted by molar-refractivity contribution is 5.99. The van der Waals surface area contributed by atoms with Gasteiger partial charge in [-0.1, -0.05) is 18.2 Å². The Bertz CT molecular complexity index is 916. The molecule has 2 aromatic rings. The summed E-state index contributed by atoms with van der Waals surface area (Å²) in [5, 5.41) is 0. The summed E-state index contributed by atoms with van der Waals surface area (Å²) < 4.78 is 5.58. The van der Waals surface area contributed by atoms with E-state index in [1.165, 1.54) is 0 Å². The van der Waals surface area contributed by atoms with Crippen LogP contribution in [0.5, 0.6) is 0 Å². The lowest BCUT2D eigenvalue weighted by Crippen LogP contribution is -2.55. The van der Waals surface area contributed by atoms with Gasteiger partial charge in [0.2, 0.25) is 5.91 Å². The largest absolute Gasteiger partial charge is 0.381 e. The third kappa shape index (κ3) is 2.81. The standard InChI is InChI=1S/C21H24N4O3/c26-19(24-8-5-17-18(13-24)23-14-22-17)11-21(6-9-28-10-7-21)25-12-15-3-1-2-4-16(15)20(25)27/h1-4,14H,5-13H2,(H,22,23). The molecule has 0 atom stereocenters. The summed E-state index contributed by atoms with van der Waals surface area (Å²) in [6, 6.07) is 7.76. The SMILES string of the molecule is O=C(CC1(N2Cc3ccccc3C2=O)CCOCC1)N1CCc2nc[nH]c2C1. The number of benzene rings is 1. The number of carbonyl (C=O) groups excluding carboxylic acids is 2. The summed E-state index contributed by atoms with van der Waals surface area (Å²) in [6.07, 6.45) is 4.20. The quantitative estimate of drug-likeness (QED) is 0.882. The fraction of sp³-hybridized carbons (Fsp3) is 0.476. The maximum atomic E-state index is 13.3. The fourth-order valence-corrected chi connectivity index (χ4v) is 4.75. The molecule has 1 N–H and O–H groups in total. The van der Waals surface area contributed by atoms with Gasteiger partial charge in [0.25, 0.3) is 5.91 Å². The summed E-state index contributed by atoms with van der Waals surface area (Å²) in [6.45, 7) is 2.98. The number of aromatic nitrogens is 2. The summed E-state index contributed by atoms with van der Waals surface area (Å²) in [5.41, 5.74) is 3.41. The van der Waals surface area contributed by atoms with Gasteiger partial charge in [0.05, 0.1) is 36.2 Å². The van der Waals surface area contributed by atoms with Gasteiger partial charge in [0, 0.05) is 38.3 Å². The molecule has 4 heterocycles. The van der Waals surface area contributed by atoms with Gasteiger partial charge in [0.1, 0.15) is 0 Å². The molecular weight excluding hydrogens is 356 g/mol. The number of fused-ring (bicyclic) bond motifs is 2. The van der Waals surface area contributed by atoms with E-state index in [-0.39, 0.29) is 11.8 Å². The van der Waals surface area contributed by atoms with Gasteiger partial charge < -0.3 is 19.5 Å². The molecule has 1 aromatic heterocycles. The van der Waals surface area contributed by atoms with E-state index in [2.05, 4.69) is 9.97 Å². The molecule has 28 heavy (non-hydrogen) atoms. The summed E-state index contributed by atoms with van der Waals surface area (Å²) in [7, 11) is 0. The predicted octanol–water partition coefficient (Wildman–Crippen LogP) is 1.89. The zero-order chi connectivity index (χ0) is 19.1. The molecule has 0 spiro atoms. The summed E-state index contributed by atoms with van der Waals surface area (Å²) >= 11 is 0. The van der Waals surface area contributed by atoms with E-state index in [1.54, 1.807) is 6.33 Å². The zero-order valence-electron chi connectivity index (χ0n) is 15.8. The zero-order valence-corrected chi connectivity index (χ0v) is 15.8. The van der Waals surface area contributed by atoms with Crippen molar-refractivity contribution < 1.29 is 14.3 Å². The average Bonchev–Trinajstić information content (AvgIpc) is 3.33. The van der Waals surface area contributed by atoms with Crippen molar-refractivity contribution >= 4 is 11.8 Å². The van der Waals surface area contributed by atoms with E-state index in [4.69, 9.17) is 4.74 Å². The number of nitrogens with zero attached hydrogens (tertiary/aromatic N) is 3. The number of hydrogen-bond acceptors (Lipinski definition) is 4. The van der Waals surface area contributed by atoms with Crippen LogP contribution in [0.3, 0.4) is 0 Å². The number of H-pyrrole nitrogens is 1. The Morgan fingerprint density at radius 3 is 2.86 bits per heavy atom. The Morgan fingerprint density at radius 2 is 2.04 bits per heavy atom. The van der Waals surface area contributed by atoms with Crippen molar-refractivity contribution in [3.63, 3.8) is 0 Å². The Hall–Kier alpha value is -2.67. The van der Waals surface area contributed by atoms with Crippen LogP contribution in [0.4, 0.5) is 0 Å². The lowest BCUT2D eigenvalue weighted by Gasteiger charge is -2.45. The first-order valence-corrected chi connectivity index (χ1v) is 9.93. The van der Waals surface area contributed by atoms with Gasteiger partial charge >= 0.3 is 0 Å². The Labute approximate surface area is 163 Å². The van der Waals surface area contributed by atoms with Crippen molar-refractivity contribution in [2.75, 3.05) is 19.8 Å². The second-order valence-electron chi connectivity index (χ2n) is 7.96. The van der Waals surface area contributed by atoms with Gasteiger partial charge in [0.15, 0.2) is 0 Å². The molecule has 0 aliphatic carbocycles. The minimum atomic E-state index is -0.473. The molecular formula is C21H24N4O3. The normalized spacial score (nSPS) is 20.8. The first-order valence-electron chi connectivity index (χ1n) is 9.93. The smallest absolute Gasteiger partial charge is 0.254 e. The first kappa shape index (κ1) is 17.4. The molecule has 7 heteroatoms. The molecule has 3 aliphatic rings. The number of nitrogens with one attached hydrogen (secondary N) is 1. The van der Waals surface area contributed by atoms with E-state index in [0.717, 1.165) is 28.9 Å². The summed E-state index contributed by atoms with van der Waals surface area (Å²) in [5.74, 6) is 0.144. The predicted molar refractivity (Wildman–Crippen MR) is 101 cm³/mol. The van der Waals surface area contributed by atoms with Crippen LogP contribution in [-0.2, 0) is 29.0 Å². The number of aromatic amines is 1. The third-order valence-corrected chi connectivity index (χ3v) is 6.43. The van der Waals surface area contributed by atoms with Crippen molar-refractivity contribution in [2.45, 2.75) is 44.3 Å². The van der Waals surface area contributed by atoms with Crippen LogP contribution in [0.15, 0.2) is 30.6 Å². The number of rotatable bonds is 3. The van der Waals surface area contributed by atoms with Crippen LogP contribution in [0.2, 0.25) is 0 Å². The molecule has 0 radical (unpaired) electrons. The highest BCUT2D eigenvalue weighted by atomic mass is 16.5. The number of ether oxygens (including phenoxy) is 1. The second kappa shape index (κ2) is 6.74. The van der Waals surface area contributed by atoms with Gasteiger partial charge in [-0.25, -0.2) is 4.98 Å². The third-order valence-electron chi connectivity index (χ3n) is 6.43. The van der Waals surface area contributed by atoms with Crippen LogP contribution in [0, 0.1) is 0 Å². The fourth-order valence-electron chi connectivity index (χ4n) is 4.75. The van der Waals surface area contributed by atoms with Crippen molar-refractivity contribution in [3.8, 4) is 0 Å². The van der Waals surface area contributed by atoms with Crippen molar-refractivity contribution in [3.05, 3.63) is 53.1 Å². The number of amides is 2. The first-order chi connectivity index (χ1) is 13.7. The molecule has 3 aliphatic heterocycles. The van der Waals surface area contributed by atoms with Crippen molar-refractivity contribution in [1.82, 2.24) is 19.8 Å². The Balaban J connectivity index is 1.39. The Morgan fingerprint density at radius 1 is 1.21 bits per heavy atom. The highest BCUT2D eigenvalue weighted by Crippen LogP contribution is 2.38. The van der Waals surface area contributed by atoms with Crippen LogP contribution in [0.1, 0.15) is 46.6 Å². The van der Waals surface area contributed by atoms with Gasteiger partial charge in [-0.3, -0.25) is 9.59 Å². The molecule has 0 bridgehead atoms. The Kier molecular flexibility index (Phi) is 4.19. The van der Waals surface area contributed by atoms with Crippen LogP contribution in [-0.4, -0.2) is 56.9 Å². The van der Waals surface area contributed by atoms with Crippen LogP contribution in [0.25, 0.3) is 0 Å². The minimum Gasteiger partial charge on any atom is -0.381 e. The van der Waals surface area contributed by atoms with Gasteiger partial charge in [-0.05, 0) is 24.5 Å². The average molecular weight is 380 g/mol. The molecule has 1 aromatic carbocycles. The number of carbonyl (C=O) groups is 2. The monoisotopic (exact) mass is 380 g/mol. The molecule has 2 amide bonds. The van der Waals surface area contributed by atoms with E-state index in [1.807, 2.05) is 34.1 Å². The molecule has 146 valence electrons. The van der Waals surface area contributed by atoms with Crippen LogP contribution < -0.4 is 0 Å². The van der Waals surface area contributed by atoms with E-state index >= 15 is 0 Å². The van der Waals surface area contributed by atoms with Gasteiger partial charge in [-0.2, -0.15) is 0 Å². The van der Waals surface area contributed by atoms with Crippen molar-refractivity contribution in [1.29, 1.82) is 0 Å². The maximum absolute atomic E-state index is 13.3. The van der Waals surface area contributed by atoms with Gasteiger partial charge in [-0.15, -0.1) is 0 Å². The molecule has 7 nitrogen and oxygen atoms in total. The van der Waals surface area contributed by atoms with Crippen LogP contribution >= 0.6 is 0 Å². The van der Waals surface area contributed by atoms with Crippen molar-refractivity contribution in [2.24, 2.45) is 0 Å². The maximum Gasteiger partial charge on any atom is 0.254 e. The lowest BCUT2D eigenvalue weighted by atomic mass is 9.84. The molecule has 0 unspecified atom stereocenters. The van der Waals surface area contributed by atoms with E-state index in [0.29, 0.717) is 52.1 Å². The molecule has 1 fully saturated rings. The molecule has 0 saturated carbocycles. The second-order valence-corrected chi connectivity index (χ2v) is 7.96.